The number of rotatable bonds is 6. The number of halogens is 2. The van der Waals surface area contributed by atoms with Crippen LogP contribution in [0.15, 0.2) is 17.0 Å². The van der Waals surface area contributed by atoms with E-state index in [4.69, 9.17) is 5.73 Å². The third-order valence-electron chi connectivity index (χ3n) is 3.38. The zero-order valence-electron chi connectivity index (χ0n) is 11.2. The Labute approximate surface area is 117 Å². The molecule has 1 aromatic carbocycles. The molecule has 1 aromatic rings. The van der Waals surface area contributed by atoms with E-state index in [0.717, 1.165) is 31.4 Å². The Bertz CT molecular complexity index is 601. The largest absolute Gasteiger partial charge is 0.326 e. The summed E-state index contributed by atoms with van der Waals surface area (Å²) in [5.41, 5.74) is 4.83. The van der Waals surface area contributed by atoms with Gasteiger partial charge in [0.1, 0.15) is 10.7 Å². The normalized spacial score (nSPS) is 17.2. The lowest BCUT2D eigenvalue weighted by Gasteiger charge is -2.15. The fraction of sp³-hybridized carbons (Fsp3) is 0.538. The average molecular weight is 304 g/mol. The maximum Gasteiger partial charge on any atom is 0.243 e. The van der Waals surface area contributed by atoms with Crippen LogP contribution < -0.4 is 10.5 Å². The van der Waals surface area contributed by atoms with E-state index in [0.29, 0.717) is 5.92 Å². The Morgan fingerprint density at radius 2 is 2.05 bits per heavy atom. The van der Waals surface area contributed by atoms with Crippen molar-refractivity contribution >= 4 is 10.0 Å². The van der Waals surface area contributed by atoms with Crippen LogP contribution in [0.5, 0.6) is 0 Å². The zero-order chi connectivity index (χ0) is 14.9. The second-order valence-electron chi connectivity index (χ2n) is 5.24. The summed E-state index contributed by atoms with van der Waals surface area (Å²) in [6.45, 7) is 1.35. The third kappa shape index (κ3) is 3.34. The lowest BCUT2D eigenvalue weighted by Crippen LogP contribution is -2.33. The summed E-state index contributed by atoms with van der Waals surface area (Å²) in [7, 11) is -4.00. The van der Waals surface area contributed by atoms with E-state index in [1.165, 1.54) is 0 Å². The molecule has 112 valence electrons. The number of hydrogen-bond acceptors (Lipinski definition) is 3. The molecule has 0 aliphatic heterocycles. The van der Waals surface area contributed by atoms with Gasteiger partial charge in [-0.1, -0.05) is 12.8 Å². The van der Waals surface area contributed by atoms with Crippen molar-refractivity contribution in [1.29, 1.82) is 0 Å². The molecule has 1 aliphatic rings. The van der Waals surface area contributed by atoms with E-state index < -0.39 is 38.7 Å². The van der Waals surface area contributed by atoms with Crippen molar-refractivity contribution < 1.29 is 17.2 Å². The molecule has 20 heavy (non-hydrogen) atoms. The van der Waals surface area contributed by atoms with Crippen molar-refractivity contribution in [2.24, 2.45) is 11.7 Å². The highest BCUT2D eigenvalue weighted by Gasteiger charge is 2.28. The maximum absolute atomic E-state index is 14.0. The molecule has 0 amide bonds. The van der Waals surface area contributed by atoms with Crippen LogP contribution in [0.2, 0.25) is 0 Å². The molecule has 7 heteroatoms. The van der Waals surface area contributed by atoms with Crippen molar-refractivity contribution in [1.82, 2.24) is 4.72 Å². The Kier molecular flexibility index (Phi) is 4.41. The molecule has 0 heterocycles. The number of hydrogen-bond donors (Lipinski definition) is 2. The number of nitrogens with two attached hydrogens (primary N) is 1. The van der Waals surface area contributed by atoms with Crippen LogP contribution >= 0.6 is 0 Å². The van der Waals surface area contributed by atoms with E-state index >= 15 is 0 Å². The highest BCUT2D eigenvalue weighted by Crippen LogP contribution is 2.33. The van der Waals surface area contributed by atoms with E-state index in [9.17, 15) is 17.2 Å². The average Bonchev–Trinajstić information content (AvgIpc) is 3.12. The molecular formula is C13H18F2N2O2S. The highest BCUT2D eigenvalue weighted by atomic mass is 32.2. The number of nitrogens with one attached hydrogen (secondary N) is 1. The first-order valence-electron chi connectivity index (χ1n) is 6.54. The standard InChI is InChI=1S/C13H18F2N2O2S/c1-8(6-9-2-3-9)17-20(18,19)12-5-4-11(14)10(7-16)13(12)15/h4-5,8-9,17H,2-3,6-7,16H2,1H3. The van der Waals surface area contributed by atoms with Gasteiger partial charge in [-0.15, -0.1) is 0 Å². The van der Waals surface area contributed by atoms with Crippen LogP contribution in [0.4, 0.5) is 8.78 Å². The van der Waals surface area contributed by atoms with Crippen molar-refractivity contribution in [3.63, 3.8) is 0 Å². The molecule has 0 radical (unpaired) electrons. The lowest BCUT2D eigenvalue weighted by molar-refractivity contribution is 0.509. The molecule has 0 aromatic heterocycles. The molecule has 1 saturated carbocycles. The van der Waals surface area contributed by atoms with Crippen LogP contribution in [0.25, 0.3) is 0 Å². The van der Waals surface area contributed by atoms with Gasteiger partial charge in [0.15, 0.2) is 5.82 Å². The smallest absolute Gasteiger partial charge is 0.243 e. The van der Waals surface area contributed by atoms with Gasteiger partial charge in [0, 0.05) is 18.2 Å². The summed E-state index contributed by atoms with van der Waals surface area (Å²) in [6, 6.07) is 1.57. The monoisotopic (exact) mass is 304 g/mol. The lowest BCUT2D eigenvalue weighted by atomic mass is 10.2. The Morgan fingerprint density at radius 1 is 1.40 bits per heavy atom. The minimum atomic E-state index is -4.00. The Balaban J connectivity index is 2.24. The highest BCUT2D eigenvalue weighted by molar-refractivity contribution is 7.89. The molecule has 0 spiro atoms. The first-order chi connectivity index (χ1) is 9.35. The van der Waals surface area contributed by atoms with Gasteiger partial charge in [-0.25, -0.2) is 21.9 Å². The summed E-state index contributed by atoms with van der Waals surface area (Å²) in [5, 5.41) is 0. The predicted molar refractivity (Wildman–Crippen MR) is 71.4 cm³/mol. The number of sulfonamides is 1. The summed E-state index contributed by atoms with van der Waals surface area (Å²) in [6.07, 6.45) is 2.94. The second kappa shape index (κ2) is 5.75. The summed E-state index contributed by atoms with van der Waals surface area (Å²) >= 11 is 0. The molecular weight excluding hydrogens is 286 g/mol. The molecule has 1 unspecified atom stereocenters. The molecule has 3 N–H and O–H groups in total. The maximum atomic E-state index is 14.0. The summed E-state index contributed by atoms with van der Waals surface area (Å²) in [4.78, 5) is -0.554. The van der Waals surface area contributed by atoms with E-state index in [2.05, 4.69) is 4.72 Å². The van der Waals surface area contributed by atoms with Gasteiger partial charge in [0.05, 0.1) is 0 Å². The van der Waals surface area contributed by atoms with Crippen molar-refractivity contribution in [2.45, 2.75) is 43.7 Å². The Hall–Kier alpha value is -1.05. The molecule has 1 aliphatic carbocycles. The fourth-order valence-corrected chi connectivity index (χ4v) is 3.56. The summed E-state index contributed by atoms with van der Waals surface area (Å²) in [5.74, 6) is -1.40. The van der Waals surface area contributed by atoms with E-state index in [-0.39, 0.29) is 6.04 Å². The van der Waals surface area contributed by atoms with Gasteiger partial charge in [0.2, 0.25) is 10.0 Å². The molecule has 4 nitrogen and oxygen atoms in total. The van der Waals surface area contributed by atoms with Gasteiger partial charge in [-0.05, 0) is 31.4 Å². The van der Waals surface area contributed by atoms with Gasteiger partial charge < -0.3 is 5.73 Å². The molecule has 1 atom stereocenters. The van der Waals surface area contributed by atoms with Crippen LogP contribution in [-0.2, 0) is 16.6 Å². The van der Waals surface area contributed by atoms with Gasteiger partial charge >= 0.3 is 0 Å². The molecule has 0 saturated heterocycles. The first-order valence-corrected chi connectivity index (χ1v) is 8.02. The van der Waals surface area contributed by atoms with Crippen molar-refractivity contribution in [3.8, 4) is 0 Å². The third-order valence-corrected chi connectivity index (χ3v) is 4.99. The van der Waals surface area contributed by atoms with Gasteiger partial charge in [0.25, 0.3) is 0 Å². The van der Waals surface area contributed by atoms with Crippen LogP contribution in [-0.4, -0.2) is 14.5 Å². The predicted octanol–water partition coefficient (Wildman–Crippen LogP) is 1.89. The van der Waals surface area contributed by atoms with Crippen LogP contribution in [0.3, 0.4) is 0 Å². The minimum absolute atomic E-state index is 0.279. The molecule has 0 bridgehead atoms. The van der Waals surface area contributed by atoms with Gasteiger partial charge in [-0.2, -0.15) is 0 Å². The SMILES string of the molecule is CC(CC1CC1)NS(=O)(=O)c1ccc(F)c(CN)c1F. The van der Waals surface area contributed by atoms with Crippen molar-refractivity contribution in [3.05, 3.63) is 29.3 Å². The Morgan fingerprint density at radius 3 is 2.60 bits per heavy atom. The molecule has 1 fully saturated rings. The molecule has 2 rings (SSSR count). The zero-order valence-corrected chi connectivity index (χ0v) is 12.0. The van der Waals surface area contributed by atoms with Crippen LogP contribution in [0, 0.1) is 17.6 Å². The second-order valence-corrected chi connectivity index (χ2v) is 6.93. The van der Waals surface area contributed by atoms with E-state index in [1.807, 2.05) is 0 Å². The fourth-order valence-electron chi connectivity index (χ4n) is 2.20. The first kappa shape index (κ1) is 15.3. The van der Waals surface area contributed by atoms with Crippen molar-refractivity contribution in [2.75, 3.05) is 0 Å². The summed E-state index contributed by atoms with van der Waals surface area (Å²) < 4.78 is 54.0. The number of benzene rings is 1. The topological polar surface area (TPSA) is 72.2 Å². The van der Waals surface area contributed by atoms with Crippen LogP contribution in [0.1, 0.15) is 31.7 Å². The van der Waals surface area contributed by atoms with Gasteiger partial charge in [-0.3, -0.25) is 0 Å². The minimum Gasteiger partial charge on any atom is -0.326 e. The quantitative estimate of drug-likeness (QED) is 0.843. The van der Waals surface area contributed by atoms with E-state index in [1.54, 1.807) is 6.92 Å².